The van der Waals surface area contributed by atoms with Gasteiger partial charge in [0.05, 0.1) is 11.2 Å². The molecule has 146 valence electrons. The Hall–Kier alpha value is -3.30. The zero-order valence-corrected chi connectivity index (χ0v) is 16.4. The molecule has 0 saturated carbocycles. The van der Waals surface area contributed by atoms with Crippen molar-refractivity contribution >= 4 is 39.7 Å². The van der Waals surface area contributed by atoms with Crippen LogP contribution in [0, 0.1) is 0 Å². The van der Waals surface area contributed by atoms with Crippen LogP contribution in [0.2, 0.25) is 0 Å². The Bertz CT molecular complexity index is 1130. The summed E-state index contributed by atoms with van der Waals surface area (Å²) < 4.78 is 1.71. The Balaban J connectivity index is 1.37. The van der Waals surface area contributed by atoms with Crippen LogP contribution in [0.3, 0.4) is 0 Å². The molecule has 1 amide bonds. The van der Waals surface area contributed by atoms with Crippen LogP contribution in [0.1, 0.15) is 10.5 Å². The predicted molar refractivity (Wildman–Crippen MR) is 114 cm³/mol. The molecule has 29 heavy (non-hydrogen) atoms. The lowest BCUT2D eigenvalue weighted by Gasteiger charge is -2.29. The Morgan fingerprint density at radius 3 is 2.86 bits per heavy atom. The minimum Gasteiger partial charge on any atom is -0.352 e. The quantitative estimate of drug-likeness (QED) is 0.543. The summed E-state index contributed by atoms with van der Waals surface area (Å²) in [6, 6.07) is 11.6. The number of nitrogens with zero attached hydrogens (tertiary/aromatic N) is 5. The van der Waals surface area contributed by atoms with E-state index in [0.29, 0.717) is 16.5 Å². The van der Waals surface area contributed by atoms with Gasteiger partial charge < -0.3 is 15.5 Å². The summed E-state index contributed by atoms with van der Waals surface area (Å²) in [6.07, 6.45) is 3.66. The molecule has 0 aliphatic carbocycles. The molecule has 2 N–H and O–H groups in total. The smallest absolute Gasteiger partial charge is 0.275 e. The van der Waals surface area contributed by atoms with Gasteiger partial charge in [0, 0.05) is 49.3 Å². The van der Waals surface area contributed by atoms with E-state index in [1.54, 1.807) is 16.3 Å². The van der Waals surface area contributed by atoms with Gasteiger partial charge in [0.15, 0.2) is 5.82 Å². The fourth-order valence-electron chi connectivity index (χ4n) is 3.35. The van der Waals surface area contributed by atoms with Crippen molar-refractivity contribution < 1.29 is 4.79 Å². The molecule has 1 aliphatic heterocycles. The zero-order chi connectivity index (χ0) is 19.6. The first-order chi connectivity index (χ1) is 14.3. The minimum absolute atomic E-state index is 0.256. The standard InChI is InChI=1S/C20H19N7OS/c28-19(23-16-6-3-7-22-18(16)26-10-8-21-9-11-26)17-13-29-20(24-17)27-12-14-4-1-2-5-15(14)25-27/h1-7,12-13,21H,8-11H2,(H,23,28). The lowest BCUT2D eigenvalue weighted by atomic mass is 10.3. The second-order valence-electron chi connectivity index (χ2n) is 6.71. The van der Waals surface area contributed by atoms with Gasteiger partial charge in [0.1, 0.15) is 5.69 Å². The number of amides is 1. The average Bonchev–Trinajstić information content (AvgIpc) is 3.42. The number of thiazole rings is 1. The zero-order valence-electron chi connectivity index (χ0n) is 15.6. The third kappa shape index (κ3) is 3.57. The number of benzene rings is 1. The van der Waals surface area contributed by atoms with Crippen molar-refractivity contribution in [1.29, 1.82) is 0 Å². The molecular weight excluding hydrogens is 386 g/mol. The number of carbonyl (C=O) groups excluding carboxylic acids is 1. The van der Waals surface area contributed by atoms with Crippen molar-refractivity contribution in [2.45, 2.75) is 0 Å². The molecule has 0 atom stereocenters. The van der Waals surface area contributed by atoms with Gasteiger partial charge in [-0.3, -0.25) is 4.79 Å². The van der Waals surface area contributed by atoms with Gasteiger partial charge in [-0.05, 0) is 18.2 Å². The molecule has 1 aliphatic rings. The van der Waals surface area contributed by atoms with Crippen molar-refractivity contribution in [3.8, 4) is 5.13 Å². The molecule has 0 radical (unpaired) electrons. The summed E-state index contributed by atoms with van der Waals surface area (Å²) in [6.45, 7) is 3.51. The van der Waals surface area contributed by atoms with E-state index in [4.69, 9.17) is 0 Å². The van der Waals surface area contributed by atoms with Crippen molar-refractivity contribution in [2.24, 2.45) is 0 Å². The number of anilines is 2. The van der Waals surface area contributed by atoms with Crippen LogP contribution in [-0.2, 0) is 0 Å². The van der Waals surface area contributed by atoms with Gasteiger partial charge in [-0.25, -0.2) is 14.6 Å². The molecular formula is C20H19N7OS. The fraction of sp³-hybridized carbons (Fsp3) is 0.200. The van der Waals surface area contributed by atoms with Crippen molar-refractivity contribution in [1.82, 2.24) is 25.1 Å². The second kappa shape index (κ2) is 7.61. The van der Waals surface area contributed by atoms with Crippen LogP contribution >= 0.6 is 11.3 Å². The first-order valence-corrected chi connectivity index (χ1v) is 10.3. The summed E-state index contributed by atoms with van der Waals surface area (Å²) in [5.41, 5.74) is 1.95. The van der Waals surface area contributed by atoms with E-state index in [1.165, 1.54) is 11.3 Å². The highest BCUT2D eigenvalue weighted by atomic mass is 32.1. The topological polar surface area (TPSA) is 88.0 Å². The third-order valence-electron chi connectivity index (χ3n) is 4.79. The molecule has 4 heterocycles. The van der Waals surface area contributed by atoms with Crippen LogP contribution in [0.15, 0.2) is 54.2 Å². The van der Waals surface area contributed by atoms with Crippen LogP contribution in [-0.4, -0.2) is 51.8 Å². The highest BCUT2D eigenvalue weighted by Gasteiger charge is 2.19. The Kier molecular flexibility index (Phi) is 4.66. The minimum atomic E-state index is -0.256. The van der Waals surface area contributed by atoms with E-state index in [0.717, 1.165) is 42.9 Å². The van der Waals surface area contributed by atoms with Crippen molar-refractivity contribution in [2.75, 3.05) is 36.4 Å². The Labute approximate surface area is 171 Å². The molecule has 0 unspecified atom stereocenters. The van der Waals surface area contributed by atoms with Gasteiger partial charge in [0.2, 0.25) is 5.13 Å². The largest absolute Gasteiger partial charge is 0.352 e. The van der Waals surface area contributed by atoms with E-state index in [1.807, 2.05) is 42.6 Å². The first-order valence-electron chi connectivity index (χ1n) is 9.40. The number of pyridine rings is 1. The molecule has 5 rings (SSSR count). The number of fused-ring (bicyclic) bond motifs is 1. The van der Waals surface area contributed by atoms with E-state index >= 15 is 0 Å². The van der Waals surface area contributed by atoms with E-state index in [2.05, 4.69) is 30.6 Å². The van der Waals surface area contributed by atoms with Crippen LogP contribution in [0.4, 0.5) is 11.5 Å². The number of hydrogen-bond acceptors (Lipinski definition) is 7. The highest BCUT2D eigenvalue weighted by molar-refractivity contribution is 7.12. The maximum atomic E-state index is 12.8. The SMILES string of the molecule is O=C(Nc1cccnc1N1CCNCC1)c1csc(-n2cc3ccccc3n2)n1. The van der Waals surface area contributed by atoms with Crippen molar-refractivity contribution in [3.05, 3.63) is 59.9 Å². The second-order valence-corrected chi connectivity index (χ2v) is 7.55. The van der Waals surface area contributed by atoms with Gasteiger partial charge >= 0.3 is 0 Å². The number of nitrogens with one attached hydrogen (secondary N) is 2. The van der Waals surface area contributed by atoms with Gasteiger partial charge in [-0.15, -0.1) is 11.3 Å². The fourth-order valence-corrected chi connectivity index (χ4v) is 4.08. The monoisotopic (exact) mass is 405 g/mol. The highest BCUT2D eigenvalue weighted by Crippen LogP contribution is 2.24. The first kappa shape index (κ1) is 17.8. The lowest BCUT2D eigenvalue weighted by molar-refractivity contribution is 0.102. The van der Waals surface area contributed by atoms with E-state index < -0.39 is 0 Å². The summed E-state index contributed by atoms with van der Waals surface area (Å²) in [5.74, 6) is 0.532. The number of aromatic nitrogens is 4. The van der Waals surface area contributed by atoms with Crippen molar-refractivity contribution in [3.63, 3.8) is 0 Å². The van der Waals surface area contributed by atoms with E-state index in [-0.39, 0.29) is 5.91 Å². The van der Waals surface area contributed by atoms with Gasteiger partial charge in [0.25, 0.3) is 5.91 Å². The molecule has 9 heteroatoms. The summed E-state index contributed by atoms with van der Waals surface area (Å²) >= 11 is 1.38. The molecule has 4 aromatic rings. The molecule has 1 aromatic carbocycles. The maximum Gasteiger partial charge on any atom is 0.275 e. The molecule has 1 saturated heterocycles. The summed E-state index contributed by atoms with van der Waals surface area (Å²) in [5, 5.41) is 14.2. The van der Waals surface area contributed by atoms with Crippen LogP contribution in [0.25, 0.3) is 16.0 Å². The number of carbonyl (C=O) groups is 1. The Morgan fingerprint density at radius 1 is 1.14 bits per heavy atom. The number of piperazine rings is 1. The van der Waals surface area contributed by atoms with E-state index in [9.17, 15) is 4.79 Å². The molecule has 3 aromatic heterocycles. The molecule has 0 spiro atoms. The van der Waals surface area contributed by atoms with Crippen LogP contribution < -0.4 is 15.5 Å². The maximum absolute atomic E-state index is 12.8. The summed E-state index contributed by atoms with van der Waals surface area (Å²) in [4.78, 5) is 23.9. The third-order valence-corrected chi connectivity index (χ3v) is 5.62. The normalized spacial score (nSPS) is 14.3. The summed E-state index contributed by atoms with van der Waals surface area (Å²) in [7, 11) is 0. The molecule has 0 bridgehead atoms. The number of hydrogen-bond donors (Lipinski definition) is 2. The predicted octanol–water partition coefficient (Wildman–Crippen LogP) is 2.54. The van der Waals surface area contributed by atoms with Gasteiger partial charge in [-0.2, -0.15) is 5.10 Å². The number of rotatable bonds is 4. The average molecular weight is 405 g/mol. The lowest BCUT2D eigenvalue weighted by Crippen LogP contribution is -2.44. The molecule has 1 fully saturated rings. The van der Waals surface area contributed by atoms with Gasteiger partial charge in [-0.1, -0.05) is 18.2 Å². The molecule has 8 nitrogen and oxygen atoms in total. The Morgan fingerprint density at radius 2 is 2.00 bits per heavy atom. The van der Waals surface area contributed by atoms with Crippen LogP contribution in [0.5, 0.6) is 0 Å².